The number of benzene rings is 1. The molecule has 88 valence electrons. The molecular weight excluding hydrogens is 196 g/mol. The van der Waals surface area contributed by atoms with Crippen molar-refractivity contribution in [3.8, 4) is 5.75 Å². The van der Waals surface area contributed by atoms with Gasteiger partial charge < -0.3 is 4.74 Å². The smallest absolute Gasteiger partial charge is 0.126 e. The van der Waals surface area contributed by atoms with E-state index in [9.17, 15) is 0 Å². The molecule has 0 N–H and O–H groups in total. The fraction of sp³-hybridized carbons (Fsp3) is 0.600. The van der Waals surface area contributed by atoms with Crippen LogP contribution in [0.5, 0.6) is 5.75 Å². The highest BCUT2D eigenvalue weighted by Gasteiger charge is 2.33. The van der Waals surface area contributed by atoms with Crippen LogP contribution in [0.4, 0.5) is 0 Å². The third-order valence-electron chi connectivity index (χ3n) is 3.53. The molecule has 1 heteroatoms. The summed E-state index contributed by atoms with van der Waals surface area (Å²) in [6, 6.07) is 2.34. The van der Waals surface area contributed by atoms with Gasteiger partial charge in [0.25, 0.3) is 0 Å². The summed E-state index contributed by atoms with van der Waals surface area (Å²) in [5, 5.41) is 0. The van der Waals surface area contributed by atoms with E-state index in [2.05, 4.69) is 47.6 Å². The highest BCUT2D eigenvalue weighted by Crippen LogP contribution is 2.42. The molecule has 0 unspecified atom stereocenters. The largest absolute Gasteiger partial charge is 0.487 e. The van der Waals surface area contributed by atoms with E-state index >= 15 is 0 Å². The van der Waals surface area contributed by atoms with Crippen molar-refractivity contribution in [2.24, 2.45) is 0 Å². The Morgan fingerprint density at radius 2 is 1.88 bits per heavy atom. The molecule has 1 aromatic carbocycles. The molecule has 16 heavy (non-hydrogen) atoms. The van der Waals surface area contributed by atoms with Gasteiger partial charge in [0.2, 0.25) is 0 Å². The van der Waals surface area contributed by atoms with Crippen LogP contribution in [0, 0.1) is 13.8 Å². The lowest BCUT2D eigenvalue weighted by molar-refractivity contribution is 0.137. The summed E-state index contributed by atoms with van der Waals surface area (Å²) in [7, 11) is 0. The molecule has 1 heterocycles. The molecule has 1 aromatic rings. The molecule has 0 atom stereocenters. The molecule has 0 aliphatic carbocycles. The molecule has 0 bridgehead atoms. The first-order valence-corrected chi connectivity index (χ1v) is 6.14. The van der Waals surface area contributed by atoms with Gasteiger partial charge in [0.1, 0.15) is 11.4 Å². The average Bonchev–Trinajstić information content (AvgIpc) is 2.47. The zero-order valence-electron chi connectivity index (χ0n) is 11.3. The Morgan fingerprint density at radius 3 is 2.44 bits per heavy atom. The van der Waals surface area contributed by atoms with E-state index < -0.39 is 0 Å². The number of rotatable bonds is 1. The van der Waals surface area contributed by atoms with Crippen molar-refractivity contribution < 1.29 is 4.74 Å². The SMILES string of the molecule is Cc1cc(C(C)C)c2c(c1C)OC(C)(C)C2. The van der Waals surface area contributed by atoms with E-state index in [1.807, 2.05) is 0 Å². The molecule has 0 aromatic heterocycles. The summed E-state index contributed by atoms with van der Waals surface area (Å²) < 4.78 is 6.10. The summed E-state index contributed by atoms with van der Waals surface area (Å²) in [6.07, 6.45) is 1.04. The summed E-state index contributed by atoms with van der Waals surface area (Å²) in [6.45, 7) is 13.2. The van der Waals surface area contributed by atoms with E-state index in [0.29, 0.717) is 5.92 Å². The topological polar surface area (TPSA) is 9.23 Å². The maximum atomic E-state index is 6.10. The van der Waals surface area contributed by atoms with Crippen LogP contribution in [0.25, 0.3) is 0 Å². The first-order chi connectivity index (χ1) is 7.32. The molecule has 1 aliphatic rings. The molecule has 2 rings (SSSR count). The number of hydrogen-bond acceptors (Lipinski definition) is 1. The third-order valence-corrected chi connectivity index (χ3v) is 3.53. The van der Waals surface area contributed by atoms with Crippen molar-refractivity contribution in [3.05, 3.63) is 28.3 Å². The van der Waals surface area contributed by atoms with E-state index in [0.717, 1.165) is 12.2 Å². The van der Waals surface area contributed by atoms with Gasteiger partial charge >= 0.3 is 0 Å². The lowest BCUT2D eigenvalue weighted by atomic mass is 9.89. The Morgan fingerprint density at radius 1 is 1.25 bits per heavy atom. The predicted molar refractivity (Wildman–Crippen MR) is 68.4 cm³/mol. The Labute approximate surface area is 98.8 Å². The van der Waals surface area contributed by atoms with Gasteiger partial charge in [0.15, 0.2) is 0 Å². The summed E-state index contributed by atoms with van der Waals surface area (Å²) in [5.41, 5.74) is 5.52. The summed E-state index contributed by atoms with van der Waals surface area (Å²) in [5.74, 6) is 1.72. The Bertz CT molecular complexity index is 428. The highest BCUT2D eigenvalue weighted by atomic mass is 16.5. The average molecular weight is 218 g/mol. The molecule has 0 saturated heterocycles. The fourth-order valence-corrected chi connectivity index (χ4v) is 2.54. The quantitative estimate of drug-likeness (QED) is 0.688. The number of aryl methyl sites for hydroxylation is 1. The van der Waals surface area contributed by atoms with Crippen molar-refractivity contribution >= 4 is 0 Å². The molecule has 0 fully saturated rings. The summed E-state index contributed by atoms with van der Waals surface area (Å²) in [4.78, 5) is 0. The summed E-state index contributed by atoms with van der Waals surface area (Å²) >= 11 is 0. The van der Waals surface area contributed by atoms with Gasteiger partial charge in [0.05, 0.1) is 0 Å². The fourth-order valence-electron chi connectivity index (χ4n) is 2.54. The normalized spacial score (nSPS) is 17.4. The van der Waals surface area contributed by atoms with E-state index in [1.54, 1.807) is 0 Å². The first kappa shape index (κ1) is 11.5. The van der Waals surface area contributed by atoms with Crippen molar-refractivity contribution in [2.75, 3.05) is 0 Å². The number of fused-ring (bicyclic) bond motifs is 1. The maximum absolute atomic E-state index is 6.10. The Kier molecular flexibility index (Phi) is 2.52. The van der Waals surface area contributed by atoms with Crippen molar-refractivity contribution in [3.63, 3.8) is 0 Å². The van der Waals surface area contributed by atoms with Gasteiger partial charge in [0, 0.05) is 12.0 Å². The second-order valence-corrected chi connectivity index (χ2v) is 5.91. The minimum Gasteiger partial charge on any atom is -0.487 e. The molecule has 0 spiro atoms. The molecule has 0 radical (unpaired) electrons. The standard InChI is InChI=1S/C15H22O/c1-9(2)12-7-10(3)11(4)14-13(12)8-15(5,6)16-14/h7,9H,8H2,1-6H3. The molecule has 0 saturated carbocycles. The van der Waals surface area contributed by atoms with Gasteiger partial charge in [-0.25, -0.2) is 0 Å². The van der Waals surface area contributed by atoms with Gasteiger partial charge in [-0.05, 0) is 50.3 Å². The van der Waals surface area contributed by atoms with E-state index in [4.69, 9.17) is 4.74 Å². The Hall–Kier alpha value is -0.980. The van der Waals surface area contributed by atoms with E-state index in [1.165, 1.54) is 22.3 Å². The Balaban J connectivity index is 2.63. The second-order valence-electron chi connectivity index (χ2n) is 5.91. The van der Waals surface area contributed by atoms with Crippen LogP contribution >= 0.6 is 0 Å². The van der Waals surface area contributed by atoms with Gasteiger partial charge in [-0.3, -0.25) is 0 Å². The maximum Gasteiger partial charge on any atom is 0.126 e. The van der Waals surface area contributed by atoms with Crippen LogP contribution in [-0.2, 0) is 6.42 Å². The van der Waals surface area contributed by atoms with Crippen LogP contribution < -0.4 is 4.74 Å². The van der Waals surface area contributed by atoms with Crippen LogP contribution in [0.1, 0.15) is 55.9 Å². The van der Waals surface area contributed by atoms with Crippen LogP contribution in [0.3, 0.4) is 0 Å². The second kappa shape index (κ2) is 3.51. The number of hydrogen-bond donors (Lipinski definition) is 0. The van der Waals surface area contributed by atoms with Crippen molar-refractivity contribution in [1.82, 2.24) is 0 Å². The minimum absolute atomic E-state index is 0.0372. The van der Waals surface area contributed by atoms with Crippen LogP contribution in [0.2, 0.25) is 0 Å². The molecule has 1 aliphatic heterocycles. The zero-order valence-corrected chi connectivity index (χ0v) is 11.3. The zero-order chi connectivity index (χ0) is 12.1. The molecular formula is C15H22O. The lowest BCUT2D eigenvalue weighted by Gasteiger charge is -2.18. The van der Waals surface area contributed by atoms with Crippen LogP contribution in [0.15, 0.2) is 6.07 Å². The highest BCUT2D eigenvalue weighted by molar-refractivity contribution is 5.54. The van der Waals surface area contributed by atoms with Crippen molar-refractivity contribution in [1.29, 1.82) is 0 Å². The molecule has 0 amide bonds. The van der Waals surface area contributed by atoms with Crippen LogP contribution in [-0.4, -0.2) is 5.60 Å². The lowest BCUT2D eigenvalue weighted by Crippen LogP contribution is -2.25. The minimum atomic E-state index is -0.0372. The predicted octanol–water partition coefficient (Wildman–Crippen LogP) is 4.14. The number of ether oxygens (including phenoxy) is 1. The van der Waals surface area contributed by atoms with E-state index in [-0.39, 0.29) is 5.60 Å². The van der Waals surface area contributed by atoms with Crippen molar-refractivity contribution in [2.45, 2.75) is 59.5 Å². The monoisotopic (exact) mass is 218 g/mol. The third kappa shape index (κ3) is 1.73. The van der Waals surface area contributed by atoms with Gasteiger partial charge in [-0.1, -0.05) is 19.9 Å². The molecule has 1 nitrogen and oxygen atoms in total. The van der Waals surface area contributed by atoms with Gasteiger partial charge in [-0.2, -0.15) is 0 Å². The first-order valence-electron chi connectivity index (χ1n) is 6.14. The van der Waals surface area contributed by atoms with Gasteiger partial charge in [-0.15, -0.1) is 0 Å².